The van der Waals surface area contributed by atoms with E-state index in [0.29, 0.717) is 22.6 Å². The molecule has 0 fully saturated rings. The molecule has 0 spiro atoms. The average Bonchev–Trinajstić information content (AvgIpc) is 2.40. The van der Waals surface area contributed by atoms with Crippen LogP contribution in [0, 0.1) is 24.1 Å². The van der Waals surface area contributed by atoms with Crippen LogP contribution in [0.1, 0.15) is 16.7 Å². The van der Waals surface area contributed by atoms with Gasteiger partial charge in [-0.15, -0.1) is 11.8 Å². The molecule has 0 amide bonds. The summed E-state index contributed by atoms with van der Waals surface area (Å²) in [6, 6.07) is 12.1. The van der Waals surface area contributed by atoms with Crippen molar-refractivity contribution in [1.29, 1.82) is 5.26 Å². The van der Waals surface area contributed by atoms with Crippen LogP contribution in [0.5, 0.6) is 0 Å². The van der Waals surface area contributed by atoms with Crippen molar-refractivity contribution in [2.45, 2.75) is 17.6 Å². The molecule has 0 unspecified atom stereocenters. The number of nitrogens with zero attached hydrogens (tertiary/aromatic N) is 1. The summed E-state index contributed by atoms with van der Waals surface area (Å²) in [6.07, 6.45) is 0. The molecule has 4 heteroatoms. The normalized spacial score (nSPS) is 10.2. The fourth-order valence-electron chi connectivity index (χ4n) is 1.71. The van der Waals surface area contributed by atoms with Crippen LogP contribution in [-0.4, -0.2) is 0 Å². The van der Waals surface area contributed by atoms with E-state index in [9.17, 15) is 4.39 Å². The third kappa shape index (κ3) is 3.27. The number of nitriles is 1. The van der Waals surface area contributed by atoms with Crippen molar-refractivity contribution in [2.75, 3.05) is 5.73 Å². The van der Waals surface area contributed by atoms with Gasteiger partial charge in [-0.3, -0.25) is 0 Å². The minimum absolute atomic E-state index is 0.327. The summed E-state index contributed by atoms with van der Waals surface area (Å²) in [5.41, 5.74) is 8.90. The number of nitrogens with two attached hydrogens (primary N) is 1. The Kier molecular flexibility index (Phi) is 4.08. The van der Waals surface area contributed by atoms with E-state index in [0.717, 1.165) is 10.5 Å². The van der Waals surface area contributed by atoms with Crippen molar-refractivity contribution in [3.05, 3.63) is 58.9 Å². The Labute approximate surface area is 116 Å². The van der Waals surface area contributed by atoms with Crippen LogP contribution in [0.25, 0.3) is 0 Å². The van der Waals surface area contributed by atoms with Gasteiger partial charge >= 0.3 is 0 Å². The molecule has 2 nitrogen and oxygen atoms in total. The highest BCUT2D eigenvalue weighted by molar-refractivity contribution is 7.98. The van der Waals surface area contributed by atoms with E-state index in [1.165, 1.54) is 30.0 Å². The van der Waals surface area contributed by atoms with Crippen molar-refractivity contribution in [3.63, 3.8) is 0 Å². The van der Waals surface area contributed by atoms with E-state index in [-0.39, 0.29) is 5.82 Å². The summed E-state index contributed by atoms with van der Waals surface area (Å²) < 4.78 is 13.2. The van der Waals surface area contributed by atoms with Crippen LogP contribution in [0.2, 0.25) is 0 Å². The molecule has 0 radical (unpaired) electrons. The molecule has 0 aromatic heterocycles. The van der Waals surface area contributed by atoms with Crippen molar-refractivity contribution in [1.82, 2.24) is 0 Å². The van der Waals surface area contributed by atoms with Crippen LogP contribution in [0.15, 0.2) is 41.3 Å². The minimum atomic E-state index is -0.327. The topological polar surface area (TPSA) is 49.8 Å². The molecule has 0 heterocycles. The van der Waals surface area contributed by atoms with Gasteiger partial charge in [-0.2, -0.15) is 5.26 Å². The molecular formula is C15H13FN2S. The van der Waals surface area contributed by atoms with E-state index in [1.807, 2.05) is 25.1 Å². The molecule has 96 valence electrons. The van der Waals surface area contributed by atoms with Crippen LogP contribution in [0.3, 0.4) is 0 Å². The van der Waals surface area contributed by atoms with Gasteiger partial charge in [0.1, 0.15) is 5.82 Å². The number of hydrogen-bond acceptors (Lipinski definition) is 3. The second-order valence-corrected chi connectivity index (χ2v) is 5.26. The quantitative estimate of drug-likeness (QED) is 0.681. The number of nitrogen functional groups attached to an aromatic ring is 1. The van der Waals surface area contributed by atoms with Gasteiger partial charge in [0.25, 0.3) is 0 Å². The van der Waals surface area contributed by atoms with Crippen LogP contribution >= 0.6 is 11.8 Å². The molecule has 19 heavy (non-hydrogen) atoms. The first kappa shape index (κ1) is 13.4. The van der Waals surface area contributed by atoms with Crippen molar-refractivity contribution >= 4 is 17.4 Å². The van der Waals surface area contributed by atoms with E-state index in [2.05, 4.69) is 6.07 Å². The number of aryl methyl sites for hydroxylation is 1. The Hall–Kier alpha value is -1.99. The van der Waals surface area contributed by atoms with Gasteiger partial charge in [0.2, 0.25) is 0 Å². The lowest BCUT2D eigenvalue weighted by molar-refractivity contribution is 0.626. The van der Waals surface area contributed by atoms with Gasteiger partial charge < -0.3 is 5.73 Å². The molecular weight excluding hydrogens is 259 g/mol. The average molecular weight is 272 g/mol. The van der Waals surface area contributed by atoms with E-state index >= 15 is 0 Å². The van der Waals surface area contributed by atoms with Gasteiger partial charge in [0.15, 0.2) is 0 Å². The smallest absolute Gasteiger partial charge is 0.123 e. The molecule has 0 saturated carbocycles. The lowest BCUT2D eigenvalue weighted by Gasteiger charge is -2.08. The molecule has 0 atom stereocenters. The largest absolute Gasteiger partial charge is 0.398 e. The maximum Gasteiger partial charge on any atom is 0.123 e. The Balaban J connectivity index is 2.21. The second-order valence-electron chi connectivity index (χ2n) is 4.24. The summed E-state index contributed by atoms with van der Waals surface area (Å²) in [4.78, 5) is 0.952. The van der Waals surface area contributed by atoms with Crippen molar-refractivity contribution < 1.29 is 4.39 Å². The van der Waals surface area contributed by atoms with Gasteiger partial charge in [-0.05, 0) is 48.4 Å². The zero-order chi connectivity index (χ0) is 13.8. The van der Waals surface area contributed by atoms with E-state index in [4.69, 9.17) is 11.0 Å². The molecule has 0 aliphatic heterocycles. The van der Waals surface area contributed by atoms with Crippen LogP contribution in [-0.2, 0) is 5.75 Å². The maximum atomic E-state index is 13.2. The Morgan fingerprint density at radius 1 is 1.26 bits per heavy atom. The first-order valence-electron chi connectivity index (χ1n) is 5.77. The zero-order valence-corrected chi connectivity index (χ0v) is 11.3. The van der Waals surface area contributed by atoms with Gasteiger partial charge in [0.05, 0.1) is 11.6 Å². The summed E-state index contributed by atoms with van der Waals surface area (Å²) in [5, 5.41) is 9.00. The second kappa shape index (κ2) is 5.77. The standard InChI is InChI=1S/C15H13FN2S/c1-10-2-5-14(18)15(6-10)19-9-12-7-13(16)4-3-11(12)8-17/h2-7H,9,18H2,1H3. The third-order valence-corrected chi connectivity index (χ3v) is 3.86. The molecule has 2 N–H and O–H groups in total. The number of benzene rings is 2. The molecule has 0 aliphatic rings. The molecule has 0 bridgehead atoms. The Bertz CT molecular complexity index is 647. The number of rotatable bonds is 3. The Morgan fingerprint density at radius 3 is 2.79 bits per heavy atom. The van der Waals surface area contributed by atoms with Crippen LogP contribution in [0.4, 0.5) is 10.1 Å². The molecule has 0 saturated heterocycles. The summed E-state index contributed by atoms with van der Waals surface area (Å²) >= 11 is 1.51. The fraction of sp³-hybridized carbons (Fsp3) is 0.133. The highest BCUT2D eigenvalue weighted by Gasteiger charge is 2.06. The molecule has 2 aromatic rings. The lowest BCUT2D eigenvalue weighted by atomic mass is 10.1. The Morgan fingerprint density at radius 2 is 2.05 bits per heavy atom. The number of halogens is 1. The van der Waals surface area contributed by atoms with Crippen molar-refractivity contribution in [2.24, 2.45) is 0 Å². The molecule has 2 aromatic carbocycles. The highest BCUT2D eigenvalue weighted by Crippen LogP contribution is 2.30. The fourth-order valence-corrected chi connectivity index (χ4v) is 2.77. The predicted molar refractivity (Wildman–Crippen MR) is 76.3 cm³/mol. The number of hydrogen-bond donors (Lipinski definition) is 1. The van der Waals surface area contributed by atoms with Crippen molar-refractivity contribution in [3.8, 4) is 6.07 Å². The van der Waals surface area contributed by atoms with Gasteiger partial charge in [-0.25, -0.2) is 4.39 Å². The van der Waals surface area contributed by atoms with Gasteiger partial charge in [-0.1, -0.05) is 6.07 Å². The third-order valence-electron chi connectivity index (χ3n) is 2.74. The first-order chi connectivity index (χ1) is 9.10. The summed E-state index contributed by atoms with van der Waals surface area (Å²) in [7, 11) is 0. The summed E-state index contributed by atoms with van der Waals surface area (Å²) in [6.45, 7) is 1.99. The summed E-state index contributed by atoms with van der Waals surface area (Å²) in [5.74, 6) is 0.195. The minimum Gasteiger partial charge on any atom is -0.398 e. The van der Waals surface area contributed by atoms with E-state index in [1.54, 1.807) is 0 Å². The molecule has 2 rings (SSSR count). The first-order valence-corrected chi connectivity index (χ1v) is 6.76. The highest BCUT2D eigenvalue weighted by atomic mass is 32.2. The SMILES string of the molecule is Cc1ccc(N)c(SCc2cc(F)ccc2C#N)c1. The van der Waals surface area contributed by atoms with Crippen LogP contribution < -0.4 is 5.73 Å². The number of thioether (sulfide) groups is 1. The lowest BCUT2D eigenvalue weighted by Crippen LogP contribution is -1.92. The van der Waals surface area contributed by atoms with E-state index < -0.39 is 0 Å². The zero-order valence-electron chi connectivity index (χ0n) is 10.5. The number of anilines is 1. The maximum absolute atomic E-state index is 13.2. The van der Waals surface area contributed by atoms with Gasteiger partial charge in [0, 0.05) is 16.3 Å². The molecule has 0 aliphatic carbocycles. The monoisotopic (exact) mass is 272 g/mol. The predicted octanol–water partition coefficient (Wildman–Crippen LogP) is 3.88.